The molecule has 0 unspecified atom stereocenters. The van der Waals surface area contributed by atoms with Gasteiger partial charge in [-0.3, -0.25) is 14.4 Å². The van der Waals surface area contributed by atoms with Crippen LogP contribution < -0.4 is 20.7 Å². The highest BCUT2D eigenvalue weighted by atomic mass is 16.5. The van der Waals surface area contributed by atoms with Crippen molar-refractivity contribution in [1.82, 2.24) is 5.32 Å². The average Bonchev–Trinajstić information content (AvgIpc) is 2.89. The summed E-state index contributed by atoms with van der Waals surface area (Å²) in [6.45, 7) is 7.59. The van der Waals surface area contributed by atoms with Crippen LogP contribution in [0.5, 0.6) is 5.75 Å². The first-order valence-corrected chi connectivity index (χ1v) is 13.8. The predicted molar refractivity (Wildman–Crippen MR) is 157 cm³/mol. The van der Waals surface area contributed by atoms with Gasteiger partial charge in [-0.15, -0.1) is 0 Å². The first-order valence-electron chi connectivity index (χ1n) is 13.8. The number of methoxy groups -OCH3 is 1. The lowest BCUT2D eigenvalue weighted by Gasteiger charge is -2.22. The van der Waals surface area contributed by atoms with Crippen LogP contribution in [0, 0.1) is 0 Å². The van der Waals surface area contributed by atoms with Crippen molar-refractivity contribution in [2.45, 2.75) is 91.4 Å². The largest absolute Gasteiger partial charge is 0.497 e. The molecular formula is C31H47N3O4. The highest BCUT2D eigenvalue weighted by molar-refractivity contribution is 5.89. The fourth-order valence-electron chi connectivity index (χ4n) is 4.20. The number of ether oxygens (including phenoxy) is 1. The second kappa shape index (κ2) is 19.7. The van der Waals surface area contributed by atoms with Crippen LogP contribution in [0.2, 0.25) is 0 Å². The van der Waals surface area contributed by atoms with E-state index in [4.69, 9.17) is 4.74 Å². The number of benzene rings is 2. The van der Waals surface area contributed by atoms with Gasteiger partial charge in [-0.25, -0.2) is 0 Å². The van der Waals surface area contributed by atoms with Gasteiger partial charge in [0, 0.05) is 44.8 Å². The Kier molecular flexibility index (Phi) is 17.0. The Bertz CT molecular complexity index is 954. The third kappa shape index (κ3) is 15.7. The van der Waals surface area contributed by atoms with E-state index in [2.05, 4.69) is 35.0 Å². The standard InChI is InChI=1S/C14H19NO.C9H11NO2.C8H17NO/c1-11(16)15-14-9-7-13(8-10-14)12-5-3-2-4-6-12;1-7(11)10-8-4-3-5-9(6-8)12-2;1-3-4-5-6-7-9-8(2)10/h7-10,12H,2-6H2,1H3,(H,15,16);3-6H,1-2H3,(H,10,11);3-7H2,1-2H3,(H,9,10). The number of nitrogens with one attached hydrogen (secondary N) is 3. The van der Waals surface area contributed by atoms with Gasteiger partial charge < -0.3 is 20.7 Å². The van der Waals surface area contributed by atoms with E-state index in [9.17, 15) is 14.4 Å². The Morgan fingerprint density at radius 2 is 1.42 bits per heavy atom. The second-order valence-corrected chi connectivity index (χ2v) is 9.59. The average molecular weight is 526 g/mol. The zero-order valence-corrected chi connectivity index (χ0v) is 23.9. The zero-order valence-electron chi connectivity index (χ0n) is 23.9. The molecule has 3 amide bonds. The quantitative estimate of drug-likeness (QED) is 0.306. The van der Waals surface area contributed by atoms with Crippen molar-refractivity contribution in [3.8, 4) is 5.75 Å². The Morgan fingerprint density at radius 1 is 0.789 bits per heavy atom. The van der Waals surface area contributed by atoms with Gasteiger partial charge in [-0.2, -0.15) is 0 Å². The molecule has 7 heteroatoms. The summed E-state index contributed by atoms with van der Waals surface area (Å²) in [6, 6.07) is 15.5. The van der Waals surface area contributed by atoms with Gasteiger partial charge >= 0.3 is 0 Å². The molecule has 0 atom stereocenters. The molecule has 2 aromatic carbocycles. The fourth-order valence-corrected chi connectivity index (χ4v) is 4.20. The second-order valence-electron chi connectivity index (χ2n) is 9.59. The number of hydrogen-bond acceptors (Lipinski definition) is 4. The highest BCUT2D eigenvalue weighted by Crippen LogP contribution is 2.32. The summed E-state index contributed by atoms with van der Waals surface area (Å²) in [5, 5.41) is 8.22. The van der Waals surface area contributed by atoms with Gasteiger partial charge in [0.15, 0.2) is 0 Å². The molecule has 3 rings (SSSR count). The molecule has 0 aromatic heterocycles. The van der Waals surface area contributed by atoms with Crippen molar-refractivity contribution in [1.29, 1.82) is 0 Å². The van der Waals surface area contributed by atoms with Crippen molar-refractivity contribution < 1.29 is 19.1 Å². The summed E-state index contributed by atoms with van der Waals surface area (Å²) in [4.78, 5) is 31.9. The van der Waals surface area contributed by atoms with E-state index in [1.165, 1.54) is 70.8 Å². The van der Waals surface area contributed by atoms with Crippen LogP contribution in [0.25, 0.3) is 0 Å². The predicted octanol–water partition coefficient (Wildman–Crippen LogP) is 7.05. The SMILES string of the molecule is CC(=O)Nc1ccc(C2CCCCC2)cc1.CCCCCCNC(C)=O.COc1cccc(NC(C)=O)c1. The minimum Gasteiger partial charge on any atom is -0.497 e. The third-order valence-electron chi connectivity index (χ3n) is 6.10. The maximum atomic E-state index is 10.9. The van der Waals surface area contributed by atoms with E-state index in [0.29, 0.717) is 0 Å². The molecule has 1 aliphatic rings. The van der Waals surface area contributed by atoms with E-state index in [1.807, 2.05) is 30.3 Å². The Hall–Kier alpha value is -3.35. The monoisotopic (exact) mass is 525 g/mol. The molecule has 1 aliphatic carbocycles. The van der Waals surface area contributed by atoms with Gasteiger partial charge in [0.2, 0.25) is 17.7 Å². The van der Waals surface area contributed by atoms with Crippen LogP contribution >= 0.6 is 0 Å². The molecule has 0 aliphatic heterocycles. The van der Waals surface area contributed by atoms with Crippen molar-refractivity contribution in [2.24, 2.45) is 0 Å². The maximum Gasteiger partial charge on any atom is 0.221 e. The lowest BCUT2D eigenvalue weighted by Crippen LogP contribution is -2.20. The van der Waals surface area contributed by atoms with Crippen molar-refractivity contribution >= 4 is 29.1 Å². The van der Waals surface area contributed by atoms with Crippen LogP contribution in [0.4, 0.5) is 11.4 Å². The summed E-state index contributed by atoms with van der Waals surface area (Å²) >= 11 is 0. The minimum atomic E-state index is -0.0803. The van der Waals surface area contributed by atoms with E-state index >= 15 is 0 Å². The summed E-state index contributed by atoms with van der Waals surface area (Å²) in [6.07, 6.45) is 11.6. The normalized spacial score (nSPS) is 12.6. The van der Waals surface area contributed by atoms with Gasteiger partial charge in [-0.05, 0) is 55.0 Å². The van der Waals surface area contributed by atoms with Gasteiger partial charge in [0.1, 0.15) is 5.75 Å². The van der Waals surface area contributed by atoms with Crippen LogP contribution in [0.3, 0.4) is 0 Å². The molecule has 2 aromatic rings. The van der Waals surface area contributed by atoms with Crippen molar-refractivity contribution in [3.63, 3.8) is 0 Å². The van der Waals surface area contributed by atoms with Gasteiger partial charge in [0.05, 0.1) is 7.11 Å². The molecule has 0 heterocycles. The number of anilines is 2. The van der Waals surface area contributed by atoms with Crippen LogP contribution in [0.1, 0.15) is 97.0 Å². The van der Waals surface area contributed by atoms with Crippen molar-refractivity contribution in [2.75, 3.05) is 24.3 Å². The number of amides is 3. The molecule has 1 saturated carbocycles. The van der Waals surface area contributed by atoms with Crippen LogP contribution in [-0.2, 0) is 14.4 Å². The third-order valence-corrected chi connectivity index (χ3v) is 6.10. The molecule has 210 valence electrons. The van der Waals surface area contributed by atoms with E-state index in [0.717, 1.165) is 36.0 Å². The first-order chi connectivity index (χ1) is 18.2. The topological polar surface area (TPSA) is 96.5 Å². The lowest BCUT2D eigenvalue weighted by molar-refractivity contribution is -0.119. The highest BCUT2D eigenvalue weighted by Gasteiger charge is 2.15. The summed E-state index contributed by atoms with van der Waals surface area (Å²) in [5.41, 5.74) is 3.07. The summed E-state index contributed by atoms with van der Waals surface area (Å²) in [7, 11) is 1.59. The molecule has 0 bridgehead atoms. The zero-order chi connectivity index (χ0) is 28.2. The Morgan fingerprint density at radius 3 is 1.97 bits per heavy atom. The van der Waals surface area contributed by atoms with Crippen LogP contribution in [-0.4, -0.2) is 31.4 Å². The summed E-state index contributed by atoms with van der Waals surface area (Å²) < 4.78 is 4.99. The molecular weight excluding hydrogens is 478 g/mol. The minimum absolute atomic E-state index is 0.00887. The summed E-state index contributed by atoms with van der Waals surface area (Å²) in [5.74, 6) is 1.46. The van der Waals surface area contributed by atoms with Crippen LogP contribution in [0.15, 0.2) is 48.5 Å². The number of carbonyl (C=O) groups is 3. The molecule has 0 spiro atoms. The molecule has 3 N–H and O–H groups in total. The number of carbonyl (C=O) groups excluding carboxylic acids is 3. The first kappa shape index (κ1) is 32.7. The van der Waals surface area contributed by atoms with Crippen molar-refractivity contribution in [3.05, 3.63) is 54.1 Å². The fraction of sp³-hybridized carbons (Fsp3) is 0.516. The Labute approximate surface area is 229 Å². The van der Waals surface area contributed by atoms with Gasteiger partial charge in [-0.1, -0.05) is 63.6 Å². The van der Waals surface area contributed by atoms with E-state index in [1.54, 1.807) is 20.1 Å². The molecule has 38 heavy (non-hydrogen) atoms. The van der Waals surface area contributed by atoms with E-state index < -0.39 is 0 Å². The molecule has 0 saturated heterocycles. The number of unbranched alkanes of at least 4 members (excludes halogenated alkanes) is 3. The molecule has 0 radical (unpaired) electrons. The Balaban J connectivity index is 0.000000296. The lowest BCUT2D eigenvalue weighted by atomic mass is 9.84. The van der Waals surface area contributed by atoms with E-state index in [-0.39, 0.29) is 17.7 Å². The number of rotatable bonds is 9. The maximum absolute atomic E-state index is 10.9. The molecule has 7 nitrogen and oxygen atoms in total. The van der Waals surface area contributed by atoms with Gasteiger partial charge in [0.25, 0.3) is 0 Å². The molecule has 1 fully saturated rings. The number of hydrogen-bond donors (Lipinski definition) is 3. The smallest absolute Gasteiger partial charge is 0.221 e.